The Morgan fingerprint density at radius 3 is 2.97 bits per heavy atom. The molecule has 180 valence electrons. The van der Waals surface area contributed by atoms with Gasteiger partial charge in [0.05, 0.1) is 36.7 Å². The number of pyridine rings is 1. The number of carbonyl (C=O) groups is 1. The van der Waals surface area contributed by atoms with Gasteiger partial charge >= 0.3 is 5.91 Å². The summed E-state index contributed by atoms with van der Waals surface area (Å²) in [5.74, 6) is 5.71. The highest BCUT2D eigenvalue weighted by Crippen LogP contribution is 2.37. The topological polar surface area (TPSA) is 92.3 Å². The number of nitrogens with zero attached hydrogens (tertiary/aromatic N) is 4. The van der Waals surface area contributed by atoms with E-state index in [0.717, 1.165) is 74.4 Å². The second-order valence-corrected chi connectivity index (χ2v) is 9.15. The van der Waals surface area contributed by atoms with Crippen LogP contribution in [0.15, 0.2) is 36.8 Å². The third-order valence-corrected chi connectivity index (χ3v) is 6.52. The molecule has 0 bridgehead atoms. The van der Waals surface area contributed by atoms with Gasteiger partial charge in [-0.1, -0.05) is 23.6 Å². The van der Waals surface area contributed by atoms with Crippen molar-refractivity contribution in [3.05, 3.63) is 53.1 Å². The largest absolute Gasteiger partial charge is 0.379 e. The van der Waals surface area contributed by atoms with E-state index in [9.17, 15) is 4.79 Å². The lowest BCUT2D eigenvalue weighted by Gasteiger charge is -2.26. The zero-order chi connectivity index (χ0) is 24.0. The van der Waals surface area contributed by atoms with Crippen molar-refractivity contribution in [2.24, 2.45) is 0 Å². The van der Waals surface area contributed by atoms with E-state index in [0.29, 0.717) is 17.3 Å². The van der Waals surface area contributed by atoms with Gasteiger partial charge in [0.15, 0.2) is 0 Å². The van der Waals surface area contributed by atoms with Gasteiger partial charge in [-0.2, -0.15) is 0 Å². The summed E-state index contributed by atoms with van der Waals surface area (Å²) in [5, 5.41) is 7.81. The molecule has 2 aliphatic heterocycles. The van der Waals surface area contributed by atoms with E-state index in [1.165, 1.54) is 5.56 Å². The number of halogens is 1. The summed E-state index contributed by atoms with van der Waals surface area (Å²) in [6.07, 6.45) is 6.71. The van der Waals surface area contributed by atoms with E-state index in [1.54, 1.807) is 12.5 Å². The number of fused-ring (bicyclic) bond motifs is 2. The summed E-state index contributed by atoms with van der Waals surface area (Å²) in [6.45, 7) is 4.68. The van der Waals surface area contributed by atoms with Crippen molar-refractivity contribution in [1.29, 1.82) is 0 Å². The van der Waals surface area contributed by atoms with Gasteiger partial charge in [0.25, 0.3) is 0 Å². The molecule has 1 saturated heterocycles. The third-order valence-electron chi connectivity index (χ3n) is 6.28. The minimum atomic E-state index is -0.371. The highest BCUT2D eigenvalue weighted by Gasteiger charge is 2.25. The van der Waals surface area contributed by atoms with Gasteiger partial charge in [-0.3, -0.25) is 15.0 Å². The molecule has 35 heavy (non-hydrogen) atoms. The van der Waals surface area contributed by atoms with Crippen LogP contribution in [0.3, 0.4) is 0 Å². The number of anilines is 2. The van der Waals surface area contributed by atoms with Crippen LogP contribution < -0.4 is 10.6 Å². The van der Waals surface area contributed by atoms with Crippen LogP contribution in [-0.4, -0.2) is 58.6 Å². The second kappa shape index (κ2) is 11.0. The number of benzene rings is 1. The Balaban J connectivity index is 1.19. The fourth-order valence-electron chi connectivity index (χ4n) is 4.47. The van der Waals surface area contributed by atoms with E-state index in [2.05, 4.69) is 42.3 Å². The van der Waals surface area contributed by atoms with Crippen molar-refractivity contribution in [2.75, 3.05) is 43.5 Å². The summed E-state index contributed by atoms with van der Waals surface area (Å²) in [6, 6.07) is 7.64. The maximum Gasteiger partial charge on any atom is 0.301 e. The highest BCUT2D eigenvalue weighted by atomic mass is 35.5. The molecule has 3 aromatic rings. The van der Waals surface area contributed by atoms with Crippen LogP contribution in [0.4, 0.5) is 11.5 Å². The van der Waals surface area contributed by atoms with Gasteiger partial charge in [-0.15, -0.1) is 0 Å². The normalized spacial score (nSPS) is 17.3. The Bertz CT molecular complexity index is 1280. The van der Waals surface area contributed by atoms with Crippen LogP contribution in [0, 0.1) is 11.8 Å². The Morgan fingerprint density at radius 2 is 2.09 bits per heavy atom. The average Bonchev–Trinajstić information content (AvgIpc) is 3.29. The highest BCUT2D eigenvalue weighted by molar-refractivity contribution is 6.30. The summed E-state index contributed by atoms with van der Waals surface area (Å²) >= 11 is 6.14. The fourth-order valence-corrected chi connectivity index (χ4v) is 4.65. The summed E-state index contributed by atoms with van der Waals surface area (Å²) in [7, 11) is 0. The lowest BCUT2D eigenvalue weighted by Crippen LogP contribution is -2.36. The van der Waals surface area contributed by atoms with Gasteiger partial charge in [-0.05, 0) is 49.1 Å². The Labute approximate surface area is 209 Å². The van der Waals surface area contributed by atoms with Crippen molar-refractivity contribution in [3.8, 4) is 11.8 Å². The second-order valence-electron chi connectivity index (χ2n) is 8.72. The summed E-state index contributed by atoms with van der Waals surface area (Å²) in [4.78, 5) is 28.0. The van der Waals surface area contributed by atoms with E-state index >= 15 is 0 Å². The van der Waals surface area contributed by atoms with Gasteiger partial charge in [0, 0.05) is 42.0 Å². The Kier molecular flexibility index (Phi) is 7.38. The monoisotopic (exact) mass is 490 g/mol. The molecule has 2 aliphatic rings. The molecule has 1 amide bonds. The summed E-state index contributed by atoms with van der Waals surface area (Å²) < 4.78 is 5.36. The molecule has 1 fully saturated rings. The first-order chi connectivity index (χ1) is 17.2. The van der Waals surface area contributed by atoms with Gasteiger partial charge in [0.2, 0.25) is 0 Å². The molecule has 0 radical (unpaired) electrons. The van der Waals surface area contributed by atoms with Crippen molar-refractivity contribution in [1.82, 2.24) is 19.9 Å². The molecule has 0 spiro atoms. The van der Waals surface area contributed by atoms with Crippen LogP contribution in [-0.2, 0) is 16.0 Å². The van der Waals surface area contributed by atoms with Crippen LogP contribution in [0.2, 0.25) is 5.02 Å². The van der Waals surface area contributed by atoms with Crippen molar-refractivity contribution < 1.29 is 9.53 Å². The van der Waals surface area contributed by atoms with Crippen molar-refractivity contribution in [3.63, 3.8) is 0 Å². The van der Waals surface area contributed by atoms with E-state index < -0.39 is 0 Å². The van der Waals surface area contributed by atoms with Gasteiger partial charge in [-0.25, -0.2) is 15.0 Å². The van der Waals surface area contributed by atoms with Crippen LogP contribution >= 0.6 is 11.6 Å². The van der Waals surface area contributed by atoms with E-state index in [-0.39, 0.29) is 11.9 Å². The third kappa shape index (κ3) is 5.88. The quantitative estimate of drug-likeness (QED) is 0.400. The molecular formula is C26H27ClN6O2. The SMILES string of the molecule is O=C(C#CCCCCN1CCOCC1)Nc1cc2c(C3Cc4ccc(Cl)cc4N3)ncnc2cn1. The molecule has 1 atom stereocenters. The first-order valence-electron chi connectivity index (χ1n) is 11.9. The number of aromatic nitrogens is 3. The predicted molar refractivity (Wildman–Crippen MR) is 136 cm³/mol. The minimum Gasteiger partial charge on any atom is -0.379 e. The maximum absolute atomic E-state index is 12.3. The first-order valence-corrected chi connectivity index (χ1v) is 12.3. The van der Waals surface area contributed by atoms with Crippen LogP contribution in [0.25, 0.3) is 10.9 Å². The molecule has 1 aromatic carbocycles. The molecule has 2 aromatic heterocycles. The standard InChI is InChI=1S/C26H27ClN6O2/c27-19-7-6-18-13-22(31-21(18)14-19)26-20-15-24(28-16-23(20)29-17-30-26)32-25(34)5-3-1-2-4-8-33-9-11-35-12-10-33/h6-7,14-17,22,31H,1-2,4,8-13H2,(H,28,32,34). The minimum absolute atomic E-state index is 0.0165. The molecule has 8 nitrogen and oxygen atoms in total. The first kappa shape index (κ1) is 23.5. The van der Waals surface area contributed by atoms with Gasteiger partial charge < -0.3 is 10.1 Å². The smallest absolute Gasteiger partial charge is 0.301 e. The van der Waals surface area contributed by atoms with Crippen LogP contribution in [0.1, 0.15) is 36.6 Å². The molecule has 0 aliphatic carbocycles. The molecule has 4 heterocycles. The number of hydrogen-bond acceptors (Lipinski definition) is 7. The Morgan fingerprint density at radius 1 is 1.20 bits per heavy atom. The van der Waals surface area contributed by atoms with E-state index in [4.69, 9.17) is 16.3 Å². The lowest BCUT2D eigenvalue weighted by molar-refractivity contribution is -0.111. The predicted octanol–water partition coefficient (Wildman–Crippen LogP) is 3.83. The molecule has 9 heteroatoms. The number of ether oxygens (including phenoxy) is 1. The number of rotatable bonds is 6. The average molecular weight is 491 g/mol. The molecule has 5 rings (SSSR count). The maximum atomic E-state index is 12.3. The number of morpholine rings is 1. The zero-order valence-electron chi connectivity index (χ0n) is 19.4. The number of carbonyl (C=O) groups excluding carboxylic acids is 1. The van der Waals surface area contributed by atoms with Gasteiger partial charge in [0.1, 0.15) is 12.1 Å². The number of amides is 1. The Hall–Kier alpha value is -3.25. The van der Waals surface area contributed by atoms with Crippen molar-refractivity contribution in [2.45, 2.75) is 31.7 Å². The van der Waals surface area contributed by atoms with Crippen LogP contribution in [0.5, 0.6) is 0 Å². The molecular weight excluding hydrogens is 464 g/mol. The zero-order valence-corrected chi connectivity index (χ0v) is 20.1. The summed E-state index contributed by atoms with van der Waals surface area (Å²) in [5.41, 5.74) is 3.77. The number of nitrogens with one attached hydrogen (secondary N) is 2. The molecule has 0 saturated carbocycles. The van der Waals surface area contributed by atoms with Crippen molar-refractivity contribution >= 4 is 39.9 Å². The fraction of sp³-hybridized carbons (Fsp3) is 0.385. The molecule has 1 unspecified atom stereocenters. The van der Waals surface area contributed by atoms with E-state index in [1.807, 2.05) is 24.3 Å². The lowest BCUT2D eigenvalue weighted by atomic mass is 10.0. The molecule has 2 N–H and O–H groups in total. The number of unbranched alkanes of at least 4 members (excludes halogenated alkanes) is 2. The number of hydrogen-bond donors (Lipinski definition) is 2.